The number of hydrazine groups is 1. The van der Waals surface area contributed by atoms with Crippen molar-refractivity contribution in [1.82, 2.24) is 5.43 Å². The largest absolute Gasteiger partial charge is 0.271 e. The number of hydrogen-bond acceptors (Lipinski definition) is 2. The van der Waals surface area contributed by atoms with Crippen LogP contribution in [0.3, 0.4) is 0 Å². The third-order valence-electron chi connectivity index (χ3n) is 3.01. The fourth-order valence-electron chi connectivity index (χ4n) is 1.97. The molecule has 0 saturated heterocycles. The average molecular weight is 362 g/mol. The fraction of sp³-hybridized carbons (Fsp3) is 0.143. The molecule has 20 heavy (non-hydrogen) atoms. The highest BCUT2D eigenvalue weighted by molar-refractivity contribution is 9.10. The standard InChI is InChI=1S/C14H12BrClF2N2/c15-11-6-8(16)4-5-9(11)14(20-19)7-10-12(17)2-1-3-13(10)18/h1-6,14,20H,7,19H2. The Bertz CT molecular complexity index is 602. The summed E-state index contributed by atoms with van der Waals surface area (Å²) < 4.78 is 28.1. The highest BCUT2D eigenvalue weighted by atomic mass is 79.9. The Hall–Kier alpha value is -1.01. The molecule has 0 bridgehead atoms. The molecule has 0 aliphatic rings. The van der Waals surface area contributed by atoms with E-state index in [0.717, 1.165) is 10.0 Å². The minimum atomic E-state index is -0.588. The molecule has 2 nitrogen and oxygen atoms in total. The third-order valence-corrected chi connectivity index (χ3v) is 3.93. The molecule has 1 unspecified atom stereocenters. The average Bonchev–Trinajstić information content (AvgIpc) is 2.40. The molecule has 106 valence electrons. The van der Waals surface area contributed by atoms with Gasteiger partial charge in [0.2, 0.25) is 0 Å². The van der Waals surface area contributed by atoms with Gasteiger partial charge in [-0.3, -0.25) is 11.3 Å². The Morgan fingerprint density at radius 2 is 1.85 bits per heavy atom. The molecule has 6 heteroatoms. The van der Waals surface area contributed by atoms with Crippen molar-refractivity contribution in [2.24, 2.45) is 5.84 Å². The summed E-state index contributed by atoms with van der Waals surface area (Å²) in [6.45, 7) is 0. The first-order valence-electron chi connectivity index (χ1n) is 5.87. The summed E-state index contributed by atoms with van der Waals surface area (Å²) in [4.78, 5) is 0. The zero-order chi connectivity index (χ0) is 14.7. The van der Waals surface area contributed by atoms with E-state index in [9.17, 15) is 8.78 Å². The number of hydrogen-bond donors (Lipinski definition) is 2. The van der Waals surface area contributed by atoms with E-state index in [4.69, 9.17) is 17.4 Å². The Morgan fingerprint density at radius 1 is 1.20 bits per heavy atom. The first-order valence-corrected chi connectivity index (χ1v) is 7.04. The van der Waals surface area contributed by atoms with Gasteiger partial charge in [-0.1, -0.05) is 39.7 Å². The van der Waals surface area contributed by atoms with Crippen molar-refractivity contribution in [3.63, 3.8) is 0 Å². The number of halogens is 4. The Kier molecular flexibility index (Phi) is 5.10. The molecule has 1 atom stereocenters. The molecule has 0 spiro atoms. The molecule has 0 aliphatic carbocycles. The van der Waals surface area contributed by atoms with E-state index in [-0.39, 0.29) is 12.0 Å². The zero-order valence-corrected chi connectivity index (χ0v) is 12.7. The van der Waals surface area contributed by atoms with Crippen LogP contribution in [0, 0.1) is 11.6 Å². The van der Waals surface area contributed by atoms with E-state index in [1.165, 1.54) is 18.2 Å². The molecule has 2 aromatic rings. The minimum absolute atomic E-state index is 0.00250. The molecule has 0 aromatic heterocycles. The molecule has 0 amide bonds. The third kappa shape index (κ3) is 3.35. The lowest BCUT2D eigenvalue weighted by Gasteiger charge is -2.19. The first kappa shape index (κ1) is 15.4. The lowest BCUT2D eigenvalue weighted by atomic mass is 9.98. The van der Waals surface area contributed by atoms with Crippen molar-refractivity contribution in [2.75, 3.05) is 0 Å². The highest BCUT2D eigenvalue weighted by Gasteiger charge is 2.18. The van der Waals surface area contributed by atoms with E-state index in [1.54, 1.807) is 18.2 Å². The smallest absolute Gasteiger partial charge is 0.129 e. The molecule has 0 saturated carbocycles. The van der Waals surface area contributed by atoms with Gasteiger partial charge < -0.3 is 0 Å². The van der Waals surface area contributed by atoms with Crippen LogP contribution in [0.2, 0.25) is 5.02 Å². The fourth-order valence-corrected chi connectivity index (χ4v) is 2.93. The van der Waals surface area contributed by atoms with Gasteiger partial charge in [0.25, 0.3) is 0 Å². The van der Waals surface area contributed by atoms with Crippen molar-refractivity contribution in [3.05, 3.63) is 68.7 Å². The summed E-state index contributed by atoms with van der Waals surface area (Å²) in [7, 11) is 0. The maximum Gasteiger partial charge on any atom is 0.129 e. The van der Waals surface area contributed by atoms with Crippen LogP contribution in [-0.2, 0) is 6.42 Å². The van der Waals surface area contributed by atoms with Gasteiger partial charge in [0, 0.05) is 15.1 Å². The molecular weight excluding hydrogens is 350 g/mol. The summed E-state index contributed by atoms with van der Waals surface area (Å²) in [6, 6.07) is 8.51. The Labute approximate surface area is 129 Å². The number of benzene rings is 2. The lowest BCUT2D eigenvalue weighted by Crippen LogP contribution is -2.30. The van der Waals surface area contributed by atoms with Gasteiger partial charge in [0.1, 0.15) is 11.6 Å². The summed E-state index contributed by atoms with van der Waals surface area (Å²) in [6.07, 6.45) is 0.0925. The molecule has 3 N–H and O–H groups in total. The molecule has 0 heterocycles. The van der Waals surface area contributed by atoms with Gasteiger partial charge in [-0.2, -0.15) is 0 Å². The predicted octanol–water partition coefficient (Wildman–Crippen LogP) is 4.13. The monoisotopic (exact) mass is 360 g/mol. The Morgan fingerprint density at radius 3 is 2.40 bits per heavy atom. The highest BCUT2D eigenvalue weighted by Crippen LogP contribution is 2.29. The van der Waals surface area contributed by atoms with Crippen LogP contribution >= 0.6 is 27.5 Å². The number of nitrogens with one attached hydrogen (secondary N) is 1. The molecule has 0 radical (unpaired) electrons. The van der Waals surface area contributed by atoms with Gasteiger partial charge >= 0.3 is 0 Å². The van der Waals surface area contributed by atoms with Gasteiger partial charge in [0.15, 0.2) is 0 Å². The van der Waals surface area contributed by atoms with Crippen LogP contribution in [-0.4, -0.2) is 0 Å². The summed E-state index contributed by atoms with van der Waals surface area (Å²) in [5.74, 6) is 4.34. The normalized spacial score (nSPS) is 12.4. The number of rotatable bonds is 4. The second-order valence-electron chi connectivity index (χ2n) is 4.29. The molecular formula is C14H12BrClF2N2. The van der Waals surface area contributed by atoms with Crippen LogP contribution in [0.5, 0.6) is 0 Å². The van der Waals surface area contributed by atoms with Crippen LogP contribution in [0.1, 0.15) is 17.2 Å². The van der Waals surface area contributed by atoms with E-state index in [2.05, 4.69) is 21.4 Å². The SMILES string of the molecule is NNC(Cc1c(F)cccc1F)c1ccc(Cl)cc1Br. The van der Waals surface area contributed by atoms with E-state index < -0.39 is 17.7 Å². The van der Waals surface area contributed by atoms with Crippen molar-refractivity contribution in [3.8, 4) is 0 Å². The summed E-state index contributed by atoms with van der Waals surface area (Å²) >= 11 is 9.25. The quantitative estimate of drug-likeness (QED) is 0.635. The molecule has 0 aliphatic heterocycles. The molecule has 2 rings (SSSR count). The minimum Gasteiger partial charge on any atom is -0.271 e. The first-order chi connectivity index (χ1) is 9.52. The van der Waals surface area contributed by atoms with E-state index >= 15 is 0 Å². The maximum atomic E-state index is 13.7. The van der Waals surface area contributed by atoms with Crippen LogP contribution < -0.4 is 11.3 Å². The van der Waals surface area contributed by atoms with Gasteiger partial charge in [-0.05, 0) is 36.2 Å². The topological polar surface area (TPSA) is 38.0 Å². The van der Waals surface area contributed by atoms with Gasteiger partial charge in [-0.25, -0.2) is 8.78 Å². The van der Waals surface area contributed by atoms with Gasteiger partial charge in [0.05, 0.1) is 6.04 Å². The Balaban J connectivity index is 2.34. The molecule has 0 fully saturated rings. The van der Waals surface area contributed by atoms with Crippen molar-refractivity contribution in [2.45, 2.75) is 12.5 Å². The van der Waals surface area contributed by atoms with Crippen molar-refractivity contribution >= 4 is 27.5 Å². The van der Waals surface area contributed by atoms with Crippen LogP contribution in [0.15, 0.2) is 40.9 Å². The van der Waals surface area contributed by atoms with Gasteiger partial charge in [-0.15, -0.1) is 0 Å². The zero-order valence-electron chi connectivity index (χ0n) is 10.3. The van der Waals surface area contributed by atoms with Crippen LogP contribution in [0.4, 0.5) is 8.78 Å². The predicted molar refractivity (Wildman–Crippen MR) is 79.3 cm³/mol. The van der Waals surface area contributed by atoms with Crippen LogP contribution in [0.25, 0.3) is 0 Å². The second-order valence-corrected chi connectivity index (χ2v) is 5.58. The lowest BCUT2D eigenvalue weighted by molar-refractivity contribution is 0.499. The maximum absolute atomic E-state index is 13.7. The summed E-state index contributed by atoms with van der Waals surface area (Å²) in [5.41, 5.74) is 3.35. The number of nitrogens with two attached hydrogens (primary N) is 1. The van der Waals surface area contributed by atoms with Crippen molar-refractivity contribution in [1.29, 1.82) is 0 Å². The molecule has 2 aromatic carbocycles. The summed E-state index contributed by atoms with van der Waals surface area (Å²) in [5, 5.41) is 0.563. The van der Waals surface area contributed by atoms with E-state index in [0.29, 0.717) is 5.02 Å². The van der Waals surface area contributed by atoms with Crippen molar-refractivity contribution < 1.29 is 8.78 Å². The van der Waals surface area contributed by atoms with E-state index in [1.807, 2.05) is 0 Å². The second kappa shape index (κ2) is 6.63.